The summed E-state index contributed by atoms with van der Waals surface area (Å²) < 4.78 is 46.2. The number of carbonyl (C=O) groups is 2. The lowest BCUT2D eigenvalue weighted by Crippen LogP contribution is -2.42. The van der Waals surface area contributed by atoms with E-state index in [1.807, 2.05) is 0 Å². The summed E-state index contributed by atoms with van der Waals surface area (Å²) in [6.07, 6.45) is 1.03. The average Bonchev–Trinajstić information content (AvgIpc) is 3.47. The lowest BCUT2D eigenvalue weighted by Gasteiger charge is -2.29. The number of hydrogen-bond acceptors (Lipinski definition) is 9. The largest absolute Gasteiger partial charge is 0.493 e. The summed E-state index contributed by atoms with van der Waals surface area (Å²) in [7, 11) is -0.738. The Labute approximate surface area is 227 Å². The highest BCUT2D eigenvalue weighted by molar-refractivity contribution is 7.91. The summed E-state index contributed by atoms with van der Waals surface area (Å²) in [5.41, 5.74) is 0.629. The summed E-state index contributed by atoms with van der Waals surface area (Å²) in [6.45, 7) is 2.10. The molecule has 0 bridgehead atoms. The number of thiazole rings is 1. The molecule has 3 aromatic rings. The van der Waals surface area contributed by atoms with Gasteiger partial charge in [0.1, 0.15) is 10.8 Å². The number of thiophene rings is 1. The van der Waals surface area contributed by atoms with Crippen LogP contribution >= 0.6 is 34.3 Å². The van der Waals surface area contributed by atoms with E-state index in [9.17, 15) is 18.0 Å². The van der Waals surface area contributed by atoms with E-state index in [2.05, 4.69) is 4.99 Å². The van der Waals surface area contributed by atoms with Crippen LogP contribution < -0.4 is 14.3 Å². The number of aromatic nitrogens is 1. The minimum Gasteiger partial charge on any atom is -0.493 e. The Morgan fingerprint density at radius 1 is 1.16 bits per heavy atom. The van der Waals surface area contributed by atoms with Gasteiger partial charge in [-0.05, 0) is 31.9 Å². The summed E-state index contributed by atoms with van der Waals surface area (Å²) in [6, 6.07) is 6.48. The van der Waals surface area contributed by atoms with Crippen molar-refractivity contribution in [2.75, 3.05) is 33.9 Å². The molecule has 4 rings (SSSR count). The van der Waals surface area contributed by atoms with Crippen molar-refractivity contribution in [3.8, 4) is 11.5 Å². The molecule has 3 heterocycles. The smallest absolute Gasteiger partial charge is 0.326 e. The Morgan fingerprint density at radius 3 is 2.54 bits per heavy atom. The molecular formula is C23H26ClN3O7S3. The third kappa shape index (κ3) is 5.85. The zero-order valence-corrected chi connectivity index (χ0v) is 23.6. The van der Waals surface area contributed by atoms with E-state index in [-0.39, 0.29) is 23.9 Å². The van der Waals surface area contributed by atoms with E-state index in [0.717, 1.165) is 16.0 Å². The number of methoxy groups -OCH3 is 2. The van der Waals surface area contributed by atoms with Crippen LogP contribution in [0.1, 0.15) is 19.8 Å². The van der Waals surface area contributed by atoms with Crippen molar-refractivity contribution in [2.24, 2.45) is 10.9 Å². The van der Waals surface area contributed by atoms with Gasteiger partial charge in [-0.2, -0.15) is 9.30 Å². The van der Waals surface area contributed by atoms with Crippen LogP contribution in [0.15, 0.2) is 33.5 Å². The van der Waals surface area contributed by atoms with Gasteiger partial charge in [-0.25, -0.2) is 8.42 Å². The van der Waals surface area contributed by atoms with Gasteiger partial charge in [-0.1, -0.05) is 22.9 Å². The quantitative estimate of drug-likeness (QED) is 0.370. The molecule has 1 aliphatic heterocycles. The molecule has 1 atom stereocenters. The van der Waals surface area contributed by atoms with Crippen molar-refractivity contribution in [2.45, 2.75) is 30.5 Å². The highest BCUT2D eigenvalue weighted by Gasteiger charge is 2.34. The normalized spacial score (nSPS) is 17.2. The summed E-state index contributed by atoms with van der Waals surface area (Å²) >= 11 is 8.13. The number of sulfonamides is 1. The number of piperidine rings is 1. The molecule has 10 nitrogen and oxygen atoms in total. The fourth-order valence-corrected chi connectivity index (χ4v) is 8.29. The van der Waals surface area contributed by atoms with Crippen molar-refractivity contribution in [1.29, 1.82) is 0 Å². The number of halogens is 1. The third-order valence-corrected chi connectivity index (χ3v) is 10.5. The van der Waals surface area contributed by atoms with Crippen LogP contribution in [-0.4, -0.2) is 63.1 Å². The van der Waals surface area contributed by atoms with Gasteiger partial charge in [0.2, 0.25) is 0 Å². The number of ether oxygens (including phenoxy) is 3. The van der Waals surface area contributed by atoms with Crippen LogP contribution in [0.5, 0.6) is 11.5 Å². The number of carbonyl (C=O) groups excluding carboxylic acids is 2. The highest BCUT2D eigenvalue weighted by Crippen LogP contribution is 2.34. The maximum Gasteiger partial charge on any atom is 0.326 e. The zero-order valence-electron chi connectivity index (χ0n) is 20.4. The van der Waals surface area contributed by atoms with E-state index in [1.165, 1.54) is 42.0 Å². The maximum atomic E-state index is 13.3. The first kappa shape index (κ1) is 27.6. The van der Waals surface area contributed by atoms with Crippen molar-refractivity contribution in [3.05, 3.63) is 33.4 Å². The molecule has 200 valence electrons. The molecule has 0 aliphatic carbocycles. The molecule has 14 heteroatoms. The van der Waals surface area contributed by atoms with Gasteiger partial charge in [0, 0.05) is 25.2 Å². The first-order valence-electron chi connectivity index (χ1n) is 11.4. The fourth-order valence-electron chi connectivity index (χ4n) is 4.08. The molecular weight excluding hydrogens is 562 g/mol. The number of hydrogen-bond donors (Lipinski definition) is 0. The fraction of sp³-hybridized carbons (Fsp3) is 0.435. The molecule has 1 fully saturated rings. The van der Waals surface area contributed by atoms with Crippen LogP contribution in [0.25, 0.3) is 10.2 Å². The number of rotatable bonds is 8. The number of esters is 1. The van der Waals surface area contributed by atoms with Crippen LogP contribution in [0.4, 0.5) is 0 Å². The van der Waals surface area contributed by atoms with Crippen molar-refractivity contribution >= 4 is 66.4 Å². The average molecular weight is 588 g/mol. The first-order chi connectivity index (χ1) is 17.7. The molecule has 37 heavy (non-hydrogen) atoms. The monoisotopic (exact) mass is 587 g/mol. The molecule has 0 radical (unpaired) electrons. The Bertz CT molecular complexity index is 1490. The molecule has 0 saturated carbocycles. The van der Waals surface area contributed by atoms with Crippen LogP contribution in [0.2, 0.25) is 4.34 Å². The summed E-state index contributed by atoms with van der Waals surface area (Å²) in [4.78, 5) is 30.3. The minimum atomic E-state index is -3.76. The van der Waals surface area contributed by atoms with Gasteiger partial charge in [0.25, 0.3) is 15.9 Å². The summed E-state index contributed by atoms with van der Waals surface area (Å²) in [5.74, 6) is -0.587. The molecule has 2 aromatic heterocycles. The molecule has 1 aromatic carbocycles. The number of benzene rings is 1. The van der Waals surface area contributed by atoms with Gasteiger partial charge in [-0.15, -0.1) is 11.3 Å². The standard InChI is InChI=1S/C23H26ClN3O7S3/c1-4-34-20(28)13-27-15-10-16(32-2)17(33-3)11-18(15)35-23(27)25-22(29)14-6-5-9-26(12-14)37(30,31)21-8-7-19(24)36-21/h7-8,10-11,14H,4-6,9,12-13H2,1-3H3. The first-order valence-corrected chi connectivity index (χ1v) is 14.9. The second-order valence-corrected chi connectivity index (χ2v) is 13.1. The van der Waals surface area contributed by atoms with Gasteiger partial charge in [0.05, 0.1) is 41.3 Å². The number of fused-ring (bicyclic) bond motifs is 1. The lowest BCUT2D eigenvalue weighted by molar-refractivity contribution is -0.143. The Kier molecular flexibility index (Phi) is 8.59. The van der Waals surface area contributed by atoms with E-state index in [4.69, 9.17) is 25.8 Å². The van der Waals surface area contributed by atoms with Gasteiger partial charge in [0.15, 0.2) is 16.3 Å². The highest BCUT2D eigenvalue weighted by atomic mass is 35.5. The molecule has 0 spiro atoms. The van der Waals surface area contributed by atoms with E-state index < -0.39 is 27.8 Å². The number of amides is 1. The topological polar surface area (TPSA) is 116 Å². The molecule has 0 N–H and O–H groups in total. The molecule has 1 amide bonds. The molecule has 1 saturated heterocycles. The van der Waals surface area contributed by atoms with Gasteiger partial charge >= 0.3 is 5.97 Å². The minimum absolute atomic E-state index is 0.0185. The SMILES string of the molecule is CCOC(=O)Cn1c(=NC(=O)C2CCCN(S(=O)(=O)c3ccc(Cl)s3)C2)sc2cc(OC)c(OC)cc21. The van der Waals surface area contributed by atoms with Crippen LogP contribution in [-0.2, 0) is 30.9 Å². The molecule has 1 aliphatic rings. The lowest BCUT2D eigenvalue weighted by atomic mass is 9.99. The van der Waals surface area contributed by atoms with Crippen molar-refractivity contribution < 1.29 is 32.2 Å². The Morgan fingerprint density at radius 2 is 1.89 bits per heavy atom. The predicted octanol–water partition coefficient (Wildman–Crippen LogP) is 3.53. The third-order valence-electron chi connectivity index (χ3n) is 5.86. The van der Waals surface area contributed by atoms with Gasteiger partial charge in [-0.3, -0.25) is 9.59 Å². The summed E-state index contributed by atoms with van der Waals surface area (Å²) in [5, 5.41) is 0. The Balaban J connectivity index is 1.69. The Hall–Kier alpha value is -2.45. The second-order valence-electron chi connectivity index (χ2n) is 8.16. The van der Waals surface area contributed by atoms with Gasteiger partial charge < -0.3 is 18.8 Å². The maximum absolute atomic E-state index is 13.3. The predicted molar refractivity (Wildman–Crippen MR) is 141 cm³/mol. The van der Waals surface area contributed by atoms with Crippen LogP contribution in [0, 0.1) is 5.92 Å². The second kappa shape index (κ2) is 11.5. The number of nitrogens with zero attached hydrogens (tertiary/aromatic N) is 3. The molecule has 1 unspecified atom stereocenters. The zero-order chi connectivity index (χ0) is 26.7. The van der Waals surface area contributed by atoms with Crippen molar-refractivity contribution in [1.82, 2.24) is 8.87 Å². The van der Waals surface area contributed by atoms with E-state index in [1.54, 1.807) is 23.6 Å². The van der Waals surface area contributed by atoms with E-state index >= 15 is 0 Å². The van der Waals surface area contributed by atoms with Crippen molar-refractivity contribution in [3.63, 3.8) is 0 Å². The van der Waals surface area contributed by atoms with E-state index in [0.29, 0.717) is 45.5 Å². The van der Waals surface area contributed by atoms with Crippen LogP contribution in [0.3, 0.4) is 0 Å².